The Hall–Kier alpha value is -1.56. The van der Waals surface area contributed by atoms with Gasteiger partial charge in [-0.1, -0.05) is 0 Å². The first-order valence-corrected chi connectivity index (χ1v) is 6.21. The van der Waals surface area contributed by atoms with Gasteiger partial charge in [0.1, 0.15) is 5.69 Å². The van der Waals surface area contributed by atoms with Crippen LogP contribution in [0.1, 0.15) is 17.8 Å². The molecular weight excluding hydrogens is 232 g/mol. The second-order valence-electron chi connectivity index (χ2n) is 4.67. The predicted octanol–water partition coefficient (Wildman–Crippen LogP) is -0.106. The van der Waals surface area contributed by atoms with Crippen molar-refractivity contribution in [2.45, 2.75) is 26.3 Å². The van der Waals surface area contributed by atoms with E-state index in [0.717, 1.165) is 30.9 Å². The van der Waals surface area contributed by atoms with Crippen LogP contribution in [0.25, 0.3) is 0 Å². The molecular formula is C12H20N4O2. The van der Waals surface area contributed by atoms with Gasteiger partial charge in [-0.2, -0.15) is 5.10 Å². The van der Waals surface area contributed by atoms with Gasteiger partial charge in [-0.25, -0.2) is 0 Å². The first-order chi connectivity index (χ1) is 8.58. The molecule has 0 spiro atoms. The van der Waals surface area contributed by atoms with Crippen LogP contribution in [-0.4, -0.2) is 41.4 Å². The summed E-state index contributed by atoms with van der Waals surface area (Å²) in [5.74, 6) is 0.628. The minimum atomic E-state index is -0.0775. The fraction of sp³-hybridized carbons (Fsp3) is 0.667. The number of aromatic nitrogens is 2. The zero-order chi connectivity index (χ0) is 13.1. The number of aryl methyl sites for hydroxylation is 2. The van der Waals surface area contributed by atoms with E-state index in [1.54, 1.807) is 4.68 Å². The molecule has 2 heterocycles. The van der Waals surface area contributed by atoms with E-state index in [-0.39, 0.29) is 18.6 Å². The van der Waals surface area contributed by atoms with Gasteiger partial charge in [-0.15, -0.1) is 0 Å². The van der Waals surface area contributed by atoms with Gasteiger partial charge in [0, 0.05) is 19.6 Å². The van der Waals surface area contributed by atoms with Crippen molar-refractivity contribution in [1.29, 1.82) is 0 Å². The molecule has 1 aliphatic heterocycles. The largest absolute Gasteiger partial charge is 0.480 e. The van der Waals surface area contributed by atoms with Crippen molar-refractivity contribution in [1.82, 2.24) is 20.4 Å². The summed E-state index contributed by atoms with van der Waals surface area (Å²) < 4.78 is 7.30. The molecule has 1 aliphatic rings. The van der Waals surface area contributed by atoms with Gasteiger partial charge in [-0.05, 0) is 26.8 Å². The molecule has 1 saturated heterocycles. The number of hydrogen-bond donors (Lipinski definition) is 2. The number of hydrogen-bond acceptors (Lipinski definition) is 4. The van der Waals surface area contributed by atoms with E-state index in [4.69, 9.17) is 4.74 Å². The molecule has 2 rings (SSSR count). The van der Waals surface area contributed by atoms with E-state index in [1.165, 1.54) is 0 Å². The molecule has 1 atom stereocenters. The SMILES string of the molecule is Cc1nn(C)c(C)c1OCC(=O)NC1CCNC1. The number of rotatable bonds is 4. The zero-order valence-corrected chi connectivity index (χ0v) is 11.1. The first-order valence-electron chi connectivity index (χ1n) is 6.21. The maximum Gasteiger partial charge on any atom is 0.258 e. The van der Waals surface area contributed by atoms with Gasteiger partial charge >= 0.3 is 0 Å². The molecule has 0 aliphatic carbocycles. The van der Waals surface area contributed by atoms with Gasteiger partial charge in [0.25, 0.3) is 5.91 Å². The summed E-state index contributed by atoms with van der Waals surface area (Å²) in [6.07, 6.45) is 0.983. The zero-order valence-electron chi connectivity index (χ0n) is 11.1. The molecule has 0 aromatic carbocycles. The molecule has 0 radical (unpaired) electrons. The van der Waals surface area contributed by atoms with Crippen LogP contribution in [0.2, 0.25) is 0 Å². The van der Waals surface area contributed by atoms with Gasteiger partial charge in [-0.3, -0.25) is 9.48 Å². The van der Waals surface area contributed by atoms with Crippen LogP contribution >= 0.6 is 0 Å². The topological polar surface area (TPSA) is 68.2 Å². The van der Waals surface area contributed by atoms with Crippen molar-refractivity contribution >= 4 is 5.91 Å². The molecule has 1 amide bonds. The quantitative estimate of drug-likeness (QED) is 0.785. The highest BCUT2D eigenvalue weighted by atomic mass is 16.5. The highest BCUT2D eigenvalue weighted by Crippen LogP contribution is 2.20. The van der Waals surface area contributed by atoms with E-state index >= 15 is 0 Å². The second-order valence-corrected chi connectivity index (χ2v) is 4.67. The molecule has 1 aromatic rings. The Balaban J connectivity index is 1.85. The molecule has 6 nitrogen and oxygen atoms in total. The van der Waals surface area contributed by atoms with Gasteiger partial charge < -0.3 is 15.4 Å². The Morgan fingerprint density at radius 1 is 1.61 bits per heavy atom. The van der Waals surface area contributed by atoms with Gasteiger partial charge in [0.15, 0.2) is 12.4 Å². The minimum absolute atomic E-state index is 0.0455. The summed E-state index contributed by atoms with van der Waals surface area (Å²) in [5, 5.41) is 10.4. The van der Waals surface area contributed by atoms with Crippen molar-refractivity contribution in [2.24, 2.45) is 7.05 Å². The summed E-state index contributed by atoms with van der Waals surface area (Å²) >= 11 is 0. The summed E-state index contributed by atoms with van der Waals surface area (Å²) in [5.41, 5.74) is 1.74. The first kappa shape index (κ1) is 12.9. The standard InChI is InChI=1S/C12H20N4O2/c1-8-12(9(2)16(3)15-8)18-7-11(17)14-10-4-5-13-6-10/h10,13H,4-7H2,1-3H3,(H,14,17). The number of amides is 1. The van der Waals surface area contributed by atoms with Crippen LogP contribution in [0, 0.1) is 13.8 Å². The summed E-state index contributed by atoms with van der Waals surface area (Å²) in [6, 6.07) is 0.234. The summed E-state index contributed by atoms with van der Waals surface area (Å²) in [6.45, 7) is 5.66. The second kappa shape index (κ2) is 5.39. The third kappa shape index (κ3) is 2.81. The molecule has 1 unspecified atom stereocenters. The Morgan fingerprint density at radius 3 is 2.94 bits per heavy atom. The van der Waals surface area contributed by atoms with Crippen LogP contribution in [0.4, 0.5) is 0 Å². The van der Waals surface area contributed by atoms with Gasteiger partial charge in [0.2, 0.25) is 0 Å². The molecule has 100 valence electrons. The fourth-order valence-electron chi connectivity index (χ4n) is 2.15. The van der Waals surface area contributed by atoms with Crippen LogP contribution in [-0.2, 0) is 11.8 Å². The number of ether oxygens (including phenoxy) is 1. The highest BCUT2D eigenvalue weighted by Gasteiger charge is 2.18. The highest BCUT2D eigenvalue weighted by molar-refractivity contribution is 5.78. The van der Waals surface area contributed by atoms with Crippen LogP contribution in [0.15, 0.2) is 0 Å². The lowest BCUT2D eigenvalue weighted by atomic mass is 10.2. The van der Waals surface area contributed by atoms with Crippen LogP contribution < -0.4 is 15.4 Å². The number of carbonyl (C=O) groups is 1. The average molecular weight is 252 g/mol. The fourth-order valence-corrected chi connectivity index (χ4v) is 2.15. The van der Waals surface area contributed by atoms with Crippen molar-refractivity contribution in [3.8, 4) is 5.75 Å². The summed E-state index contributed by atoms with van der Waals surface area (Å²) in [4.78, 5) is 11.7. The van der Waals surface area contributed by atoms with E-state index in [9.17, 15) is 4.79 Å². The lowest BCUT2D eigenvalue weighted by Gasteiger charge is -2.12. The predicted molar refractivity (Wildman–Crippen MR) is 67.6 cm³/mol. The number of nitrogens with one attached hydrogen (secondary N) is 2. The third-order valence-electron chi connectivity index (χ3n) is 3.22. The van der Waals surface area contributed by atoms with E-state index in [1.807, 2.05) is 20.9 Å². The Labute approximate surface area is 107 Å². The lowest BCUT2D eigenvalue weighted by molar-refractivity contribution is -0.123. The number of nitrogens with zero attached hydrogens (tertiary/aromatic N) is 2. The van der Waals surface area contributed by atoms with E-state index in [2.05, 4.69) is 15.7 Å². The number of carbonyl (C=O) groups excluding carboxylic acids is 1. The molecule has 2 N–H and O–H groups in total. The molecule has 18 heavy (non-hydrogen) atoms. The lowest BCUT2D eigenvalue weighted by Crippen LogP contribution is -2.39. The maximum atomic E-state index is 11.7. The molecule has 0 bridgehead atoms. The van der Waals surface area contributed by atoms with Crippen molar-refractivity contribution < 1.29 is 9.53 Å². The van der Waals surface area contributed by atoms with Crippen molar-refractivity contribution in [2.75, 3.05) is 19.7 Å². The maximum absolute atomic E-state index is 11.7. The molecule has 6 heteroatoms. The Morgan fingerprint density at radius 2 is 2.39 bits per heavy atom. The Bertz CT molecular complexity index is 436. The molecule has 1 aromatic heterocycles. The molecule has 1 fully saturated rings. The average Bonchev–Trinajstić information content (AvgIpc) is 2.88. The van der Waals surface area contributed by atoms with Gasteiger partial charge in [0.05, 0.1) is 5.69 Å². The van der Waals surface area contributed by atoms with Crippen LogP contribution in [0.3, 0.4) is 0 Å². The van der Waals surface area contributed by atoms with E-state index < -0.39 is 0 Å². The van der Waals surface area contributed by atoms with Crippen LogP contribution in [0.5, 0.6) is 5.75 Å². The normalized spacial score (nSPS) is 18.9. The monoisotopic (exact) mass is 252 g/mol. The minimum Gasteiger partial charge on any atom is -0.480 e. The van der Waals surface area contributed by atoms with Crippen molar-refractivity contribution in [3.63, 3.8) is 0 Å². The Kier molecular flexibility index (Phi) is 3.86. The summed E-state index contributed by atoms with van der Waals surface area (Å²) in [7, 11) is 1.86. The van der Waals surface area contributed by atoms with Crippen molar-refractivity contribution in [3.05, 3.63) is 11.4 Å². The third-order valence-corrected chi connectivity index (χ3v) is 3.22. The molecule has 0 saturated carbocycles. The smallest absolute Gasteiger partial charge is 0.258 e. The van der Waals surface area contributed by atoms with E-state index in [0.29, 0.717) is 5.75 Å².